The van der Waals surface area contributed by atoms with Gasteiger partial charge in [0.05, 0.1) is 35.3 Å². The Kier molecular flexibility index (Phi) is 18.6. The van der Waals surface area contributed by atoms with Crippen LogP contribution in [0.3, 0.4) is 0 Å². The van der Waals surface area contributed by atoms with E-state index in [9.17, 15) is 32.2 Å². The number of nitrogens with one attached hydrogen (secondary N) is 5. The van der Waals surface area contributed by atoms with E-state index in [-0.39, 0.29) is 65.8 Å². The number of aromatic nitrogens is 4. The van der Waals surface area contributed by atoms with Crippen LogP contribution in [-0.2, 0) is 23.9 Å². The normalized spacial score (nSPS) is 13.8. The van der Waals surface area contributed by atoms with Crippen molar-refractivity contribution in [1.82, 2.24) is 46.1 Å². The van der Waals surface area contributed by atoms with Crippen LogP contribution in [0.25, 0.3) is 22.5 Å². The molecule has 2 unspecified atom stereocenters. The number of carbonyl (C=O) groups is 4. The second-order valence-corrected chi connectivity index (χ2v) is 20.7. The topological polar surface area (TPSA) is 207 Å². The molecule has 5 N–H and O–H groups in total. The van der Waals surface area contributed by atoms with E-state index in [1.165, 1.54) is 18.4 Å². The number of para-hydroxylation sites is 2. The molecule has 8 rings (SSSR count). The highest BCUT2D eigenvalue weighted by Gasteiger charge is 2.36. The molecule has 412 valence electrons. The van der Waals surface area contributed by atoms with Gasteiger partial charge < -0.3 is 31.5 Å². The van der Waals surface area contributed by atoms with E-state index < -0.39 is 57.5 Å². The predicted molar refractivity (Wildman–Crippen MR) is 294 cm³/mol. The van der Waals surface area contributed by atoms with E-state index in [0.717, 1.165) is 77.7 Å². The number of halogens is 4. The molecule has 0 saturated carbocycles. The van der Waals surface area contributed by atoms with Crippen LogP contribution in [0.1, 0.15) is 104 Å². The molecule has 6 aromatic rings. The summed E-state index contributed by atoms with van der Waals surface area (Å²) >= 11 is 0. The maximum atomic E-state index is 15.0. The fraction of sp³-hybridized carbons (Fsp3) is 0.357. The molecular formula is C56H64F4N12O5S. The first-order chi connectivity index (χ1) is 37.1. The molecule has 22 heteroatoms. The van der Waals surface area contributed by atoms with Gasteiger partial charge in [0.25, 0.3) is 11.8 Å². The van der Waals surface area contributed by atoms with Crippen LogP contribution in [0.15, 0.2) is 78.0 Å². The minimum absolute atomic E-state index is 0.0261. The van der Waals surface area contributed by atoms with E-state index >= 15 is 8.78 Å². The first-order valence-electron chi connectivity index (χ1n) is 25.6. The number of fused-ring (bicyclic) bond motifs is 2. The van der Waals surface area contributed by atoms with Gasteiger partial charge >= 0.3 is 12.1 Å². The van der Waals surface area contributed by atoms with Gasteiger partial charge in [-0.3, -0.25) is 13.8 Å². The number of carbonyl (C=O) groups excluding carboxylic acids is 4. The largest absolute Gasteiger partial charge is 0.352 e. The lowest BCUT2D eigenvalue weighted by Crippen LogP contribution is -2.43. The van der Waals surface area contributed by atoms with Crippen LogP contribution in [0.4, 0.5) is 56.1 Å². The maximum Gasteiger partial charge on any atom is 0.328 e. The number of benzene rings is 4. The summed E-state index contributed by atoms with van der Waals surface area (Å²) in [6.45, 7) is 20.4. The fourth-order valence-electron chi connectivity index (χ4n) is 8.94. The fourth-order valence-corrected chi connectivity index (χ4v) is 9.37. The Morgan fingerprint density at radius 3 is 1.53 bits per heavy atom. The Morgan fingerprint density at radius 1 is 0.667 bits per heavy atom. The van der Waals surface area contributed by atoms with Crippen molar-refractivity contribution in [3.05, 3.63) is 129 Å². The van der Waals surface area contributed by atoms with Crippen molar-refractivity contribution in [2.24, 2.45) is 0 Å². The Morgan fingerprint density at radius 2 is 1.10 bits per heavy atom. The summed E-state index contributed by atoms with van der Waals surface area (Å²) in [7, 11) is -1.68. The summed E-state index contributed by atoms with van der Waals surface area (Å²) in [6, 6.07) is 15.4. The number of aryl methyl sites for hydroxylation is 2. The van der Waals surface area contributed by atoms with Crippen molar-refractivity contribution < 1.29 is 40.9 Å². The summed E-state index contributed by atoms with van der Waals surface area (Å²) in [4.78, 5) is 73.8. The number of hydrogen-bond donors (Lipinski definition) is 5. The highest BCUT2D eigenvalue weighted by atomic mass is 32.2. The molecule has 2 aliphatic rings. The van der Waals surface area contributed by atoms with Gasteiger partial charge in [0, 0.05) is 57.8 Å². The monoisotopic (exact) mass is 1090 g/mol. The number of hydrogen-bond acceptors (Lipinski definition) is 11. The highest BCUT2D eigenvalue weighted by molar-refractivity contribution is 7.84. The Balaban J connectivity index is 0.000000231. The Labute approximate surface area is 453 Å². The first kappa shape index (κ1) is 57.8. The molecule has 2 aliphatic heterocycles. The van der Waals surface area contributed by atoms with Gasteiger partial charge in [-0.2, -0.15) is 4.98 Å². The zero-order valence-electron chi connectivity index (χ0n) is 45.2. The number of nitrogens with zero attached hydrogens (tertiary/aromatic N) is 7. The minimum Gasteiger partial charge on any atom is -0.352 e. The van der Waals surface area contributed by atoms with Gasteiger partial charge in [0.2, 0.25) is 11.1 Å². The number of amides is 6. The molecule has 6 amide bonds. The third-order valence-corrected chi connectivity index (χ3v) is 13.6. The lowest BCUT2D eigenvalue weighted by Gasteiger charge is -2.31. The van der Waals surface area contributed by atoms with Gasteiger partial charge in [0.1, 0.15) is 34.6 Å². The van der Waals surface area contributed by atoms with Crippen LogP contribution >= 0.6 is 0 Å². The van der Waals surface area contributed by atoms with Crippen molar-refractivity contribution in [3.63, 3.8) is 0 Å². The van der Waals surface area contributed by atoms with E-state index in [4.69, 9.17) is 4.98 Å². The molecule has 0 saturated heterocycles. The SMILES string of the molecule is CCN(CC)CCCC(C)Nc1nc(-c2cc(C(=O)NC(C)C)ccc2C)c2c(n1)N(c1c(F)cccc1F)C(=O)NC2.Cc1ccc(C(=O)NC(C)C)cc1-c1nc(S(C)=O)nc2c1CNC(=O)N2c1c(F)cccc1F. The lowest BCUT2D eigenvalue weighted by atomic mass is 9.97. The first-order valence-corrected chi connectivity index (χ1v) is 27.2. The van der Waals surface area contributed by atoms with Crippen LogP contribution in [0, 0.1) is 37.1 Å². The smallest absolute Gasteiger partial charge is 0.328 e. The third-order valence-electron chi connectivity index (χ3n) is 12.9. The molecule has 78 heavy (non-hydrogen) atoms. The second kappa shape index (κ2) is 25.1. The van der Waals surface area contributed by atoms with Gasteiger partial charge in [-0.05, 0) is 141 Å². The van der Waals surface area contributed by atoms with Crippen LogP contribution < -0.4 is 36.4 Å². The molecular weight excluding hydrogens is 1030 g/mol. The standard InChI is InChI=1S/C32H41F2N7O2.C24H23F2N5O3S/c1-7-40(8-2)16-10-11-21(6)37-31-38-27(23-17-22(15-14-20(23)5)30(42)36-19(3)4)24-18-35-32(43)41(29(24)39-31)28-25(33)12-9-13-26(28)34;1-12(2)28-22(32)14-9-8-13(3)15(10-14)19-16-11-27-24(33)31(20-17(25)6-5-7-18(20)26)21(16)30-23(29-19)35(4)34/h9,12-15,17,19,21H,7-8,10-11,16,18H2,1-6H3,(H,35,43)(H,36,42)(H,37,38,39);5-10,12H,11H2,1-4H3,(H,27,33)(H,28,32). The number of rotatable bonds is 17. The van der Waals surface area contributed by atoms with Crippen molar-refractivity contribution in [3.8, 4) is 22.5 Å². The molecule has 0 bridgehead atoms. The molecule has 2 aromatic heterocycles. The van der Waals surface area contributed by atoms with Crippen molar-refractivity contribution in [1.29, 1.82) is 0 Å². The lowest BCUT2D eigenvalue weighted by molar-refractivity contribution is 0.0934. The van der Waals surface area contributed by atoms with Crippen molar-refractivity contribution in [2.75, 3.05) is 41.0 Å². The Hall–Kier alpha value is -7.85. The van der Waals surface area contributed by atoms with Crippen molar-refractivity contribution in [2.45, 2.75) is 112 Å². The second-order valence-electron chi connectivity index (χ2n) is 19.5. The van der Waals surface area contributed by atoms with E-state index in [2.05, 4.69) is 60.3 Å². The predicted octanol–water partition coefficient (Wildman–Crippen LogP) is 10.1. The van der Waals surface area contributed by atoms with Gasteiger partial charge in [-0.1, -0.05) is 38.1 Å². The molecule has 4 heterocycles. The molecule has 0 spiro atoms. The summed E-state index contributed by atoms with van der Waals surface area (Å²) in [5, 5.41) is 14.3. The Bertz CT molecular complexity index is 3250. The highest BCUT2D eigenvalue weighted by Crippen LogP contribution is 2.41. The molecule has 0 aliphatic carbocycles. The van der Waals surface area contributed by atoms with Crippen LogP contribution in [0.2, 0.25) is 0 Å². The zero-order valence-corrected chi connectivity index (χ0v) is 46.0. The van der Waals surface area contributed by atoms with Crippen LogP contribution in [-0.4, -0.2) is 96.9 Å². The summed E-state index contributed by atoms with van der Waals surface area (Å²) in [6.07, 6.45) is 3.15. The van der Waals surface area contributed by atoms with E-state index in [1.807, 2.05) is 54.5 Å². The summed E-state index contributed by atoms with van der Waals surface area (Å²) in [5.74, 6) is -4.02. The molecule has 2 atom stereocenters. The zero-order chi connectivity index (χ0) is 56.7. The average Bonchev–Trinajstić information content (AvgIpc) is 3.47. The molecule has 0 fully saturated rings. The van der Waals surface area contributed by atoms with E-state index in [1.54, 1.807) is 30.3 Å². The van der Waals surface area contributed by atoms with Gasteiger partial charge in [-0.25, -0.2) is 51.9 Å². The maximum absolute atomic E-state index is 15.0. The molecule has 4 aromatic carbocycles. The minimum atomic E-state index is -1.68. The van der Waals surface area contributed by atoms with Gasteiger partial charge in [-0.15, -0.1) is 0 Å². The number of urea groups is 2. The summed E-state index contributed by atoms with van der Waals surface area (Å²) in [5.41, 5.74) is 4.07. The molecule has 17 nitrogen and oxygen atoms in total. The summed E-state index contributed by atoms with van der Waals surface area (Å²) < 4.78 is 71.9. The van der Waals surface area contributed by atoms with E-state index in [0.29, 0.717) is 44.8 Å². The quantitative estimate of drug-likeness (QED) is 0.0429. The van der Waals surface area contributed by atoms with Gasteiger partial charge in [0.15, 0.2) is 11.6 Å². The average molecular weight is 1090 g/mol. The van der Waals surface area contributed by atoms with Crippen molar-refractivity contribution >= 4 is 63.6 Å². The third kappa shape index (κ3) is 12.9. The van der Waals surface area contributed by atoms with Crippen LogP contribution in [0.5, 0.6) is 0 Å². The number of anilines is 5. The molecule has 0 radical (unpaired) electrons.